The van der Waals surface area contributed by atoms with Crippen molar-refractivity contribution in [3.63, 3.8) is 0 Å². The summed E-state index contributed by atoms with van der Waals surface area (Å²) >= 11 is 1.71. The van der Waals surface area contributed by atoms with Crippen molar-refractivity contribution in [2.45, 2.75) is 26.3 Å². The van der Waals surface area contributed by atoms with Gasteiger partial charge in [-0.1, -0.05) is 6.92 Å². The first-order chi connectivity index (χ1) is 4.86. The van der Waals surface area contributed by atoms with E-state index in [2.05, 4.69) is 11.9 Å². The highest BCUT2D eigenvalue weighted by Gasteiger charge is 1.97. The van der Waals surface area contributed by atoms with Gasteiger partial charge in [-0.05, 0) is 12.8 Å². The van der Waals surface area contributed by atoms with Crippen LogP contribution in [0, 0.1) is 0 Å². The van der Waals surface area contributed by atoms with Crippen LogP contribution < -0.4 is 5.73 Å². The molecule has 0 amide bonds. The molecule has 3 heteroatoms. The number of nitrogens with two attached hydrogens (primary N) is 1. The molecule has 1 aromatic rings. The van der Waals surface area contributed by atoms with E-state index in [1.54, 1.807) is 11.3 Å². The Kier molecular flexibility index (Phi) is 2.83. The Morgan fingerprint density at radius 3 is 3.00 bits per heavy atom. The van der Waals surface area contributed by atoms with Crippen molar-refractivity contribution < 1.29 is 0 Å². The first kappa shape index (κ1) is 7.69. The smallest absolute Gasteiger partial charge is 0.0928 e. The minimum Gasteiger partial charge on any atom is -0.325 e. The monoisotopic (exact) mass is 156 g/mol. The van der Waals surface area contributed by atoms with Crippen LogP contribution in [0.15, 0.2) is 5.38 Å². The molecule has 0 aromatic carbocycles. The van der Waals surface area contributed by atoms with Gasteiger partial charge in [0.05, 0.1) is 10.7 Å². The highest BCUT2D eigenvalue weighted by atomic mass is 32.1. The van der Waals surface area contributed by atoms with Crippen molar-refractivity contribution in [2.24, 2.45) is 5.73 Å². The van der Waals surface area contributed by atoms with Crippen molar-refractivity contribution in [3.8, 4) is 0 Å². The Hall–Kier alpha value is -0.410. The van der Waals surface area contributed by atoms with Crippen molar-refractivity contribution in [2.75, 3.05) is 0 Å². The number of rotatable bonds is 3. The van der Waals surface area contributed by atoms with Crippen molar-refractivity contribution in [1.29, 1.82) is 0 Å². The molecule has 0 radical (unpaired) electrons. The SMILES string of the molecule is CCCc1nc(CN)cs1. The molecule has 0 saturated carbocycles. The van der Waals surface area contributed by atoms with Gasteiger partial charge in [-0.2, -0.15) is 0 Å². The van der Waals surface area contributed by atoms with E-state index in [9.17, 15) is 0 Å². The van der Waals surface area contributed by atoms with Gasteiger partial charge in [0, 0.05) is 11.9 Å². The number of aromatic nitrogens is 1. The minimum absolute atomic E-state index is 0.570. The van der Waals surface area contributed by atoms with Gasteiger partial charge >= 0.3 is 0 Å². The largest absolute Gasteiger partial charge is 0.325 e. The summed E-state index contributed by atoms with van der Waals surface area (Å²) in [6.45, 7) is 2.73. The lowest BCUT2D eigenvalue weighted by Crippen LogP contribution is -1.96. The topological polar surface area (TPSA) is 38.9 Å². The third-order valence-electron chi connectivity index (χ3n) is 1.27. The molecule has 0 aliphatic carbocycles. The number of thiazole rings is 1. The number of nitrogens with zero attached hydrogens (tertiary/aromatic N) is 1. The number of aryl methyl sites for hydroxylation is 1. The van der Waals surface area contributed by atoms with E-state index in [0.717, 1.165) is 18.5 Å². The minimum atomic E-state index is 0.570. The molecular weight excluding hydrogens is 144 g/mol. The van der Waals surface area contributed by atoms with Crippen LogP contribution in [0.2, 0.25) is 0 Å². The predicted molar refractivity (Wildman–Crippen MR) is 44.0 cm³/mol. The Labute approximate surface area is 65.1 Å². The third-order valence-corrected chi connectivity index (χ3v) is 2.23. The second-order valence-electron chi connectivity index (χ2n) is 2.19. The normalized spacial score (nSPS) is 10.2. The highest BCUT2D eigenvalue weighted by molar-refractivity contribution is 7.09. The molecule has 0 atom stereocenters. The average Bonchev–Trinajstić information content (AvgIpc) is 2.37. The Morgan fingerprint density at radius 2 is 2.50 bits per heavy atom. The summed E-state index contributed by atoms with van der Waals surface area (Å²) in [7, 11) is 0. The van der Waals surface area contributed by atoms with Crippen molar-refractivity contribution in [3.05, 3.63) is 16.1 Å². The molecule has 0 aliphatic rings. The maximum Gasteiger partial charge on any atom is 0.0928 e. The molecule has 0 saturated heterocycles. The quantitative estimate of drug-likeness (QED) is 0.721. The number of hydrogen-bond acceptors (Lipinski definition) is 3. The van der Waals surface area contributed by atoms with E-state index in [1.165, 1.54) is 5.01 Å². The summed E-state index contributed by atoms with van der Waals surface area (Å²) < 4.78 is 0. The molecule has 0 aliphatic heterocycles. The van der Waals surface area contributed by atoms with Gasteiger partial charge < -0.3 is 5.73 Å². The zero-order valence-electron chi connectivity index (χ0n) is 6.13. The Balaban J connectivity index is 2.59. The first-order valence-electron chi connectivity index (χ1n) is 3.50. The Bertz CT molecular complexity index is 195. The van der Waals surface area contributed by atoms with Gasteiger partial charge in [0.2, 0.25) is 0 Å². The van der Waals surface area contributed by atoms with Crippen LogP contribution >= 0.6 is 11.3 Å². The first-order valence-corrected chi connectivity index (χ1v) is 4.38. The third kappa shape index (κ3) is 1.78. The van der Waals surface area contributed by atoms with Gasteiger partial charge in [0.25, 0.3) is 0 Å². The molecule has 10 heavy (non-hydrogen) atoms. The molecule has 1 aromatic heterocycles. The number of hydrogen-bond donors (Lipinski definition) is 1. The molecule has 1 rings (SSSR count). The second-order valence-corrected chi connectivity index (χ2v) is 3.13. The van der Waals surface area contributed by atoms with Gasteiger partial charge in [0.15, 0.2) is 0 Å². The maximum absolute atomic E-state index is 5.40. The van der Waals surface area contributed by atoms with E-state index >= 15 is 0 Å². The van der Waals surface area contributed by atoms with Crippen LogP contribution in [0.5, 0.6) is 0 Å². The molecular formula is C7H12N2S. The molecule has 56 valence electrons. The molecule has 0 bridgehead atoms. The molecule has 0 fully saturated rings. The molecule has 0 unspecified atom stereocenters. The van der Waals surface area contributed by atoms with E-state index < -0.39 is 0 Å². The van der Waals surface area contributed by atoms with Gasteiger partial charge in [-0.3, -0.25) is 0 Å². The van der Waals surface area contributed by atoms with Crippen molar-refractivity contribution in [1.82, 2.24) is 4.98 Å². The lowest BCUT2D eigenvalue weighted by Gasteiger charge is -1.87. The highest BCUT2D eigenvalue weighted by Crippen LogP contribution is 2.10. The summed E-state index contributed by atoms with van der Waals surface area (Å²) in [5.74, 6) is 0. The summed E-state index contributed by atoms with van der Waals surface area (Å²) in [6.07, 6.45) is 2.25. The zero-order valence-corrected chi connectivity index (χ0v) is 6.95. The zero-order chi connectivity index (χ0) is 7.40. The van der Waals surface area contributed by atoms with Crippen LogP contribution in [0.1, 0.15) is 24.0 Å². The predicted octanol–water partition coefficient (Wildman–Crippen LogP) is 1.55. The summed E-state index contributed by atoms with van der Waals surface area (Å²) in [6, 6.07) is 0. The second kappa shape index (κ2) is 3.68. The van der Waals surface area contributed by atoms with Gasteiger partial charge in [0.1, 0.15) is 0 Å². The van der Waals surface area contributed by atoms with Crippen LogP contribution in [0.4, 0.5) is 0 Å². The molecule has 2 nitrogen and oxygen atoms in total. The van der Waals surface area contributed by atoms with E-state index in [1.807, 2.05) is 5.38 Å². The van der Waals surface area contributed by atoms with E-state index in [4.69, 9.17) is 5.73 Å². The average molecular weight is 156 g/mol. The molecule has 0 spiro atoms. The fourth-order valence-electron chi connectivity index (χ4n) is 0.771. The lowest BCUT2D eigenvalue weighted by atomic mass is 10.3. The maximum atomic E-state index is 5.40. The van der Waals surface area contributed by atoms with E-state index in [-0.39, 0.29) is 0 Å². The van der Waals surface area contributed by atoms with Gasteiger partial charge in [-0.25, -0.2) is 4.98 Å². The van der Waals surface area contributed by atoms with Gasteiger partial charge in [-0.15, -0.1) is 11.3 Å². The summed E-state index contributed by atoms with van der Waals surface area (Å²) in [5, 5.41) is 3.24. The lowest BCUT2D eigenvalue weighted by molar-refractivity contribution is 0.888. The standard InChI is InChI=1S/C7H12N2S/c1-2-3-7-9-6(4-8)5-10-7/h5H,2-4,8H2,1H3. The van der Waals surface area contributed by atoms with Crippen LogP contribution in [-0.2, 0) is 13.0 Å². The van der Waals surface area contributed by atoms with E-state index in [0.29, 0.717) is 6.54 Å². The van der Waals surface area contributed by atoms with Crippen LogP contribution in [0.25, 0.3) is 0 Å². The fourth-order valence-corrected chi connectivity index (χ4v) is 1.68. The Morgan fingerprint density at radius 1 is 1.70 bits per heavy atom. The van der Waals surface area contributed by atoms with Crippen molar-refractivity contribution >= 4 is 11.3 Å². The molecule has 2 N–H and O–H groups in total. The van der Waals surface area contributed by atoms with Crippen LogP contribution in [-0.4, -0.2) is 4.98 Å². The fraction of sp³-hybridized carbons (Fsp3) is 0.571. The summed E-state index contributed by atoms with van der Waals surface area (Å²) in [4.78, 5) is 4.31. The summed E-state index contributed by atoms with van der Waals surface area (Å²) in [5.41, 5.74) is 6.43. The molecule has 1 heterocycles. The van der Waals surface area contributed by atoms with Crippen LogP contribution in [0.3, 0.4) is 0 Å².